The molecule has 1 heterocycles. The third-order valence-corrected chi connectivity index (χ3v) is 3.09. The minimum atomic E-state index is -0.451. The van der Waals surface area contributed by atoms with Gasteiger partial charge in [-0.2, -0.15) is 5.26 Å². The first kappa shape index (κ1) is 13.5. The summed E-state index contributed by atoms with van der Waals surface area (Å²) in [6, 6.07) is 7.24. The number of nitriles is 1. The molecule has 0 atom stereocenters. The molecule has 0 unspecified atom stereocenters. The molecule has 0 spiro atoms. The average Bonchev–Trinajstić information content (AvgIpc) is 2.43. The van der Waals surface area contributed by atoms with Crippen molar-refractivity contribution in [2.75, 3.05) is 0 Å². The summed E-state index contributed by atoms with van der Waals surface area (Å²) in [4.78, 5) is 23.4. The normalized spacial score (nSPS) is 14.6. The largest absolute Gasteiger partial charge is 0.292 e. The highest BCUT2D eigenvalue weighted by atomic mass is 16.2. The lowest BCUT2D eigenvalue weighted by molar-refractivity contribution is -0.119. The van der Waals surface area contributed by atoms with E-state index in [1.807, 2.05) is 6.07 Å². The summed E-state index contributed by atoms with van der Waals surface area (Å²) >= 11 is 0. The van der Waals surface area contributed by atoms with Crippen molar-refractivity contribution in [3.63, 3.8) is 0 Å². The molecule has 2 amide bonds. The minimum Gasteiger partial charge on any atom is -0.292 e. The number of amides is 2. The van der Waals surface area contributed by atoms with Crippen LogP contribution >= 0.6 is 0 Å². The van der Waals surface area contributed by atoms with Gasteiger partial charge in [0.05, 0.1) is 23.6 Å². The number of allylic oxidation sites excluding steroid dienone is 4. The molecule has 1 aliphatic rings. The van der Waals surface area contributed by atoms with E-state index in [4.69, 9.17) is 5.26 Å². The van der Waals surface area contributed by atoms with Crippen LogP contribution in [0.5, 0.6) is 0 Å². The van der Waals surface area contributed by atoms with Crippen molar-refractivity contribution in [3.05, 3.63) is 65.8 Å². The Kier molecular flexibility index (Phi) is 3.62. The number of fused-ring (bicyclic) bond motifs is 1. The lowest BCUT2D eigenvalue weighted by Gasteiger charge is -2.19. The zero-order valence-corrected chi connectivity index (χ0v) is 10.8. The van der Waals surface area contributed by atoms with Crippen LogP contribution in [0, 0.1) is 11.3 Å². The highest BCUT2D eigenvalue weighted by molar-refractivity contribution is 6.12. The van der Waals surface area contributed by atoms with Crippen molar-refractivity contribution in [2.24, 2.45) is 0 Å². The predicted molar refractivity (Wildman–Crippen MR) is 75.5 cm³/mol. The van der Waals surface area contributed by atoms with E-state index in [1.165, 1.54) is 12.2 Å². The quantitative estimate of drug-likeness (QED) is 0.516. The summed E-state index contributed by atoms with van der Waals surface area (Å²) < 4.78 is 0. The SMILES string of the molecule is C=C/C(C#N)=C(\C=C)c1cccc2c1C(=O)NC(=O)C2. The molecule has 0 saturated heterocycles. The number of hydrogen-bond donors (Lipinski definition) is 1. The van der Waals surface area contributed by atoms with Gasteiger partial charge in [0.25, 0.3) is 5.91 Å². The van der Waals surface area contributed by atoms with Crippen LogP contribution in [0.3, 0.4) is 0 Å². The second-order valence-electron chi connectivity index (χ2n) is 4.24. The first-order chi connectivity index (χ1) is 9.62. The van der Waals surface area contributed by atoms with Crippen LogP contribution in [-0.4, -0.2) is 11.8 Å². The summed E-state index contributed by atoms with van der Waals surface area (Å²) in [6.07, 6.45) is 3.08. The van der Waals surface area contributed by atoms with Crippen molar-refractivity contribution < 1.29 is 9.59 Å². The van der Waals surface area contributed by atoms with Crippen molar-refractivity contribution in [1.29, 1.82) is 5.26 Å². The third-order valence-electron chi connectivity index (χ3n) is 3.09. The zero-order valence-electron chi connectivity index (χ0n) is 10.8. The van der Waals surface area contributed by atoms with Gasteiger partial charge >= 0.3 is 0 Å². The maximum atomic E-state index is 12.0. The van der Waals surface area contributed by atoms with Crippen LogP contribution in [0.2, 0.25) is 0 Å². The van der Waals surface area contributed by atoms with Gasteiger partial charge in [-0.3, -0.25) is 14.9 Å². The molecule has 1 N–H and O–H groups in total. The molecule has 0 fully saturated rings. The molecule has 4 heteroatoms. The zero-order chi connectivity index (χ0) is 14.7. The monoisotopic (exact) mass is 264 g/mol. The van der Waals surface area contributed by atoms with Crippen molar-refractivity contribution in [3.8, 4) is 6.07 Å². The number of carbonyl (C=O) groups is 2. The molecule has 0 radical (unpaired) electrons. The first-order valence-electron chi connectivity index (χ1n) is 5.98. The molecular weight excluding hydrogens is 252 g/mol. The minimum absolute atomic E-state index is 0.148. The molecule has 0 saturated carbocycles. The van der Waals surface area contributed by atoms with Gasteiger partial charge < -0.3 is 0 Å². The molecule has 2 rings (SSSR count). The molecule has 0 aromatic heterocycles. The Balaban J connectivity index is 2.75. The van der Waals surface area contributed by atoms with Gasteiger partial charge in [0.15, 0.2) is 0 Å². The molecule has 4 nitrogen and oxygen atoms in total. The van der Waals surface area contributed by atoms with Crippen LogP contribution in [0.4, 0.5) is 0 Å². The van der Waals surface area contributed by atoms with E-state index >= 15 is 0 Å². The molecule has 0 bridgehead atoms. The third kappa shape index (κ3) is 2.17. The molecule has 1 aliphatic heterocycles. The molecule has 98 valence electrons. The van der Waals surface area contributed by atoms with E-state index in [-0.39, 0.29) is 12.3 Å². The Bertz CT molecular complexity index is 706. The van der Waals surface area contributed by atoms with Gasteiger partial charge in [-0.1, -0.05) is 43.5 Å². The Morgan fingerprint density at radius 1 is 1.30 bits per heavy atom. The van der Waals surface area contributed by atoms with E-state index in [1.54, 1.807) is 18.2 Å². The fourth-order valence-electron chi connectivity index (χ4n) is 2.23. The fraction of sp³-hybridized carbons (Fsp3) is 0.0625. The molecule has 1 aromatic carbocycles. The highest BCUT2D eigenvalue weighted by Gasteiger charge is 2.26. The summed E-state index contributed by atoms with van der Waals surface area (Å²) in [5.74, 6) is -0.777. The van der Waals surface area contributed by atoms with E-state index in [9.17, 15) is 9.59 Å². The molecule has 0 aliphatic carbocycles. The van der Waals surface area contributed by atoms with Crippen LogP contribution in [0.15, 0.2) is 49.1 Å². The second-order valence-corrected chi connectivity index (χ2v) is 4.24. The van der Waals surface area contributed by atoms with E-state index in [0.717, 1.165) is 0 Å². The summed E-state index contributed by atoms with van der Waals surface area (Å²) in [7, 11) is 0. The highest BCUT2D eigenvalue weighted by Crippen LogP contribution is 2.28. The van der Waals surface area contributed by atoms with Crippen LogP contribution < -0.4 is 5.32 Å². The van der Waals surface area contributed by atoms with Gasteiger partial charge in [-0.15, -0.1) is 0 Å². The number of nitrogens with zero attached hydrogens (tertiary/aromatic N) is 1. The maximum Gasteiger partial charge on any atom is 0.258 e. The smallest absolute Gasteiger partial charge is 0.258 e. The summed E-state index contributed by atoms with van der Waals surface area (Å²) in [6.45, 7) is 7.27. The molecule has 20 heavy (non-hydrogen) atoms. The molecule has 1 aromatic rings. The Morgan fingerprint density at radius 3 is 2.65 bits per heavy atom. The van der Waals surface area contributed by atoms with E-state index < -0.39 is 5.91 Å². The van der Waals surface area contributed by atoms with Gasteiger partial charge in [0.2, 0.25) is 5.91 Å². The number of nitrogens with one attached hydrogen (secondary N) is 1. The van der Waals surface area contributed by atoms with E-state index in [2.05, 4.69) is 18.5 Å². The van der Waals surface area contributed by atoms with Crippen molar-refractivity contribution >= 4 is 17.4 Å². The Morgan fingerprint density at radius 2 is 2.05 bits per heavy atom. The number of hydrogen-bond acceptors (Lipinski definition) is 3. The lowest BCUT2D eigenvalue weighted by Crippen LogP contribution is -2.37. The predicted octanol–water partition coefficient (Wildman–Crippen LogP) is 2.15. The van der Waals surface area contributed by atoms with Crippen LogP contribution in [-0.2, 0) is 11.2 Å². The lowest BCUT2D eigenvalue weighted by atomic mass is 9.89. The number of rotatable bonds is 3. The second kappa shape index (κ2) is 5.37. The number of imide groups is 1. The average molecular weight is 264 g/mol. The van der Waals surface area contributed by atoms with Crippen LogP contribution in [0.1, 0.15) is 21.5 Å². The Hall–Kier alpha value is -2.93. The number of benzene rings is 1. The van der Waals surface area contributed by atoms with Gasteiger partial charge in [0.1, 0.15) is 0 Å². The Labute approximate surface area is 116 Å². The van der Waals surface area contributed by atoms with Crippen molar-refractivity contribution in [1.82, 2.24) is 5.32 Å². The maximum absolute atomic E-state index is 12.0. The van der Waals surface area contributed by atoms with E-state index in [0.29, 0.717) is 27.8 Å². The summed E-state index contributed by atoms with van der Waals surface area (Å²) in [5.41, 5.74) is 2.51. The van der Waals surface area contributed by atoms with Gasteiger partial charge in [-0.25, -0.2) is 0 Å². The first-order valence-corrected chi connectivity index (χ1v) is 5.98. The molecular formula is C16H12N2O2. The standard InChI is InChI=1S/C16H12N2O2/c1-3-10(9-17)12(4-2)13-7-5-6-11-8-14(19)18-16(20)15(11)13/h3-7H,1-2,8H2,(H,18,19,20)/b12-10-. The van der Waals surface area contributed by atoms with Crippen molar-refractivity contribution in [2.45, 2.75) is 6.42 Å². The summed E-state index contributed by atoms with van der Waals surface area (Å²) in [5, 5.41) is 11.4. The topological polar surface area (TPSA) is 70.0 Å². The fourth-order valence-corrected chi connectivity index (χ4v) is 2.23. The van der Waals surface area contributed by atoms with Gasteiger partial charge in [0, 0.05) is 0 Å². The number of carbonyl (C=O) groups excluding carboxylic acids is 2. The van der Waals surface area contributed by atoms with Crippen LogP contribution in [0.25, 0.3) is 5.57 Å². The van der Waals surface area contributed by atoms with Gasteiger partial charge in [-0.05, 0) is 16.7 Å².